The molecule has 1 aromatic heterocycles. The molecule has 0 spiro atoms. The highest BCUT2D eigenvalue weighted by molar-refractivity contribution is 7.98. The predicted octanol–water partition coefficient (Wildman–Crippen LogP) is 3.21. The van der Waals surface area contributed by atoms with Crippen molar-refractivity contribution < 1.29 is 4.74 Å². The molecule has 1 aromatic carbocycles. The van der Waals surface area contributed by atoms with Crippen molar-refractivity contribution >= 4 is 11.8 Å². The third kappa shape index (κ3) is 3.31. The molecule has 0 saturated heterocycles. The molecule has 1 N–H and O–H groups in total. The quantitative estimate of drug-likeness (QED) is 0.677. The van der Waals surface area contributed by atoms with Crippen LogP contribution in [0.2, 0.25) is 0 Å². The number of rotatable bonds is 5. The van der Waals surface area contributed by atoms with E-state index in [1.807, 2.05) is 50.4 Å². The van der Waals surface area contributed by atoms with Crippen LogP contribution in [-0.4, -0.2) is 22.3 Å². The van der Waals surface area contributed by atoms with Crippen LogP contribution in [0.4, 0.5) is 0 Å². The normalized spacial score (nSPS) is 11.7. The molecule has 5 nitrogen and oxygen atoms in total. The molecule has 1 atom stereocenters. The fourth-order valence-corrected chi connectivity index (χ4v) is 2.29. The second kappa shape index (κ2) is 7.14. The van der Waals surface area contributed by atoms with Gasteiger partial charge in [0.05, 0.1) is 6.10 Å². The average Bonchev–Trinajstić information content (AvgIpc) is 2.54. The number of aromatic amines is 1. The van der Waals surface area contributed by atoms with E-state index < -0.39 is 5.56 Å². The van der Waals surface area contributed by atoms with Crippen LogP contribution >= 0.6 is 11.8 Å². The summed E-state index contributed by atoms with van der Waals surface area (Å²) in [7, 11) is 0. The van der Waals surface area contributed by atoms with Crippen molar-refractivity contribution in [2.75, 3.05) is 6.26 Å². The Hall–Kier alpha value is -2.26. The Kier molecular flexibility index (Phi) is 5.23. The van der Waals surface area contributed by atoms with E-state index in [2.05, 4.69) is 9.97 Å². The van der Waals surface area contributed by atoms with Crippen LogP contribution < -0.4 is 10.3 Å². The molecule has 22 heavy (non-hydrogen) atoms. The van der Waals surface area contributed by atoms with Crippen LogP contribution in [0.25, 0.3) is 11.3 Å². The lowest BCUT2D eigenvalue weighted by molar-refractivity contribution is 0.218. The highest BCUT2D eigenvalue weighted by Crippen LogP contribution is 2.31. The van der Waals surface area contributed by atoms with Crippen LogP contribution in [0, 0.1) is 11.3 Å². The zero-order valence-electron chi connectivity index (χ0n) is 12.7. The van der Waals surface area contributed by atoms with E-state index in [9.17, 15) is 10.1 Å². The van der Waals surface area contributed by atoms with Crippen LogP contribution in [-0.2, 0) is 0 Å². The number of nitrogens with zero attached hydrogens (tertiary/aromatic N) is 2. The summed E-state index contributed by atoms with van der Waals surface area (Å²) < 4.78 is 5.89. The number of nitriles is 1. The van der Waals surface area contributed by atoms with Crippen molar-refractivity contribution in [1.82, 2.24) is 9.97 Å². The zero-order valence-corrected chi connectivity index (χ0v) is 13.5. The summed E-state index contributed by atoms with van der Waals surface area (Å²) >= 11 is 1.32. The molecule has 1 unspecified atom stereocenters. The van der Waals surface area contributed by atoms with Crippen LogP contribution in [0.3, 0.4) is 0 Å². The van der Waals surface area contributed by atoms with Crippen molar-refractivity contribution in [3.63, 3.8) is 0 Å². The fourth-order valence-electron chi connectivity index (χ4n) is 1.91. The minimum atomic E-state index is -0.435. The lowest BCUT2D eigenvalue weighted by Gasteiger charge is -2.16. The number of H-pyrrole nitrogens is 1. The van der Waals surface area contributed by atoms with E-state index in [1.54, 1.807) is 0 Å². The maximum Gasteiger partial charge on any atom is 0.270 e. The molecule has 0 aliphatic carbocycles. The van der Waals surface area contributed by atoms with Crippen molar-refractivity contribution in [2.24, 2.45) is 0 Å². The molecule has 6 heteroatoms. The first-order chi connectivity index (χ1) is 10.6. The summed E-state index contributed by atoms with van der Waals surface area (Å²) in [4.78, 5) is 19.0. The topological polar surface area (TPSA) is 78.8 Å². The number of benzene rings is 1. The third-order valence-corrected chi connectivity index (χ3v) is 3.83. The standard InChI is InChI=1S/C16H17N3O2S/c1-4-10(2)21-13-8-6-5-7-11(13)14-12(9-17)15(20)19-16(18-14)22-3/h5-8,10H,4H2,1-3H3,(H,18,19,20). The van der Waals surface area contributed by atoms with E-state index in [4.69, 9.17) is 4.74 Å². The average molecular weight is 315 g/mol. The van der Waals surface area contributed by atoms with Crippen molar-refractivity contribution in [3.8, 4) is 23.1 Å². The van der Waals surface area contributed by atoms with Gasteiger partial charge in [-0.15, -0.1) is 0 Å². The highest BCUT2D eigenvalue weighted by Gasteiger charge is 2.17. The number of aromatic nitrogens is 2. The molecule has 0 aliphatic heterocycles. The lowest BCUT2D eigenvalue weighted by Crippen LogP contribution is -2.15. The van der Waals surface area contributed by atoms with Gasteiger partial charge in [0.1, 0.15) is 23.1 Å². The van der Waals surface area contributed by atoms with Gasteiger partial charge in [0.25, 0.3) is 5.56 Å². The fraction of sp³-hybridized carbons (Fsp3) is 0.312. The first-order valence-corrected chi connectivity index (χ1v) is 8.17. The Morgan fingerprint density at radius 3 is 2.82 bits per heavy atom. The summed E-state index contributed by atoms with van der Waals surface area (Å²) in [5.74, 6) is 0.624. The molecule has 114 valence electrons. The number of thioether (sulfide) groups is 1. The minimum absolute atomic E-state index is 0.00185. The maximum absolute atomic E-state index is 12.0. The summed E-state index contributed by atoms with van der Waals surface area (Å²) in [6.45, 7) is 4.01. The molecule has 0 bridgehead atoms. The molecular formula is C16H17N3O2S. The third-order valence-electron chi connectivity index (χ3n) is 3.25. The first kappa shape index (κ1) is 16.1. The van der Waals surface area contributed by atoms with Crippen molar-refractivity contribution in [3.05, 3.63) is 40.2 Å². The summed E-state index contributed by atoms with van der Waals surface area (Å²) in [5.41, 5.74) is 0.573. The minimum Gasteiger partial charge on any atom is -0.490 e. The number of ether oxygens (including phenoxy) is 1. The Morgan fingerprint density at radius 1 is 1.45 bits per heavy atom. The Labute approximate surface area is 133 Å². The van der Waals surface area contributed by atoms with E-state index in [1.165, 1.54) is 11.8 Å². The number of para-hydroxylation sites is 1. The lowest BCUT2D eigenvalue weighted by atomic mass is 10.1. The maximum atomic E-state index is 12.0. The summed E-state index contributed by atoms with van der Waals surface area (Å²) in [5, 5.41) is 9.76. The van der Waals surface area contributed by atoms with Gasteiger partial charge in [0.2, 0.25) is 0 Å². The van der Waals surface area contributed by atoms with Crippen LogP contribution in [0.15, 0.2) is 34.2 Å². The first-order valence-electron chi connectivity index (χ1n) is 6.95. The predicted molar refractivity (Wildman–Crippen MR) is 87.2 cm³/mol. The van der Waals surface area contributed by atoms with Gasteiger partial charge in [-0.3, -0.25) is 4.79 Å². The van der Waals surface area contributed by atoms with Crippen molar-refractivity contribution in [2.45, 2.75) is 31.5 Å². The number of hydrogen-bond acceptors (Lipinski definition) is 5. The summed E-state index contributed by atoms with van der Waals surface area (Å²) in [6, 6.07) is 9.26. The molecule has 2 rings (SSSR count). The number of hydrogen-bond donors (Lipinski definition) is 1. The Balaban J connectivity index is 2.64. The zero-order chi connectivity index (χ0) is 16.1. The van der Waals surface area contributed by atoms with E-state index in [-0.39, 0.29) is 11.7 Å². The number of nitrogens with one attached hydrogen (secondary N) is 1. The molecule has 2 aromatic rings. The molecular weight excluding hydrogens is 298 g/mol. The Morgan fingerprint density at radius 2 is 2.18 bits per heavy atom. The Bertz CT molecular complexity index is 765. The van der Waals surface area contributed by atoms with Gasteiger partial charge < -0.3 is 9.72 Å². The van der Waals surface area contributed by atoms with Gasteiger partial charge in [0, 0.05) is 5.56 Å². The van der Waals surface area contributed by atoms with Gasteiger partial charge >= 0.3 is 0 Å². The SMILES string of the molecule is CCC(C)Oc1ccccc1-c1nc(SC)[nH]c(=O)c1C#N. The molecule has 0 amide bonds. The van der Waals surface area contributed by atoms with Gasteiger partial charge in [0.15, 0.2) is 5.16 Å². The summed E-state index contributed by atoms with van der Waals surface area (Å²) in [6.07, 6.45) is 2.71. The van der Waals surface area contributed by atoms with E-state index in [0.29, 0.717) is 22.2 Å². The van der Waals surface area contributed by atoms with E-state index >= 15 is 0 Å². The van der Waals surface area contributed by atoms with E-state index in [0.717, 1.165) is 6.42 Å². The van der Waals surface area contributed by atoms with Gasteiger partial charge in [-0.05, 0) is 31.7 Å². The second-order valence-electron chi connectivity index (χ2n) is 4.74. The van der Waals surface area contributed by atoms with Gasteiger partial charge in [-0.2, -0.15) is 5.26 Å². The molecule has 0 fully saturated rings. The van der Waals surface area contributed by atoms with Gasteiger partial charge in [-0.25, -0.2) is 4.98 Å². The van der Waals surface area contributed by atoms with Gasteiger partial charge in [-0.1, -0.05) is 30.8 Å². The van der Waals surface area contributed by atoms with Crippen LogP contribution in [0.1, 0.15) is 25.8 Å². The smallest absolute Gasteiger partial charge is 0.270 e. The largest absolute Gasteiger partial charge is 0.490 e. The molecule has 0 saturated carbocycles. The van der Waals surface area contributed by atoms with Crippen molar-refractivity contribution in [1.29, 1.82) is 5.26 Å². The molecule has 1 heterocycles. The molecule has 0 aliphatic rings. The molecule has 0 radical (unpaired) electrons. The monoisotopic (exact) mass is 315 g/mol. The van der Waals surface area contributed by atoms with Crippen LogP contribution in [0.5, 0.6) is 5.75 Å². The second-order valence-corrected chi connectivity index (χ2v) is 5.54. The highest BCUT2D eigenvalue weighted by atomic mass is 32.2.